The lowest BCUT2D eigenvalue weighted by atomic mass is 10.1. The molecule has 0 radical (unpaired) electrons. The Labute approximate surface area is 117 Å². The molecule has 5 heteroatoms. The van der Waals surface area contributed by atoms with Gasteiger partial charge < -0.3 is 10.4 Å². The van der Waals surface area contributed by atoms with Gasteiger partial charge >= 0.3 is 6.03 Å². The lowest BCUT2D eigenvalue weighted by Gasteiger charge is -2.10. The minimum absolute atomic E-state index is 0.370. The largest absolute Gasteiger partial charge is 0.389 e. The number of urea groups is 1. The van der Waals surface area contributed by atoms with E-state index in [0.717, 1.165) is 11.3 Å². The Balaban J connectivity index is 2.03. The predicted octanol–water partition coefficient (Wildman–Crippen LogP) is 3.09. The van der Waals surface area contributed by atoms with Crippen molar-refractivity contribution in [1.82, 2.24) is 4.98 Å². The molecule has 3 N–H and O–H groups in total. The smallest absolute Gasteiger partial charge is 0.324 e. The number of carbonyl (C=O) groups is 1. The average Bonchev–Trinajstić information content (AvgIpc) is 2.38. The normalized spacial score (nSPS) is 11.8. The maximum absolute atomic E-state index is 11.8. The van der Waals surface area contributed by atoms with Crippen molar-refractivity contribution in [3.63, 3.8) is 0 Å². The summed E-state index contributed by atoms with van der Waals surface area (Å²) in [6.45, 7) is 3.53. The minimum Gasteiger partial charge on any atom is -0.389 e. The van der Waals surface area contributed by atoms with Crippen molar-refractivity contribution in [2.75, 3.05) is 10.6 Å². The molecule has 104 valence electrons. The first-order chi connectivity index (χ1) is 9.54. The number of nitrogens with zero attached hydrogens (tertiary/aromatic N) is 1. The maximum Gasteiger partial charge on any atom is 0.324 e. The van der Waals surface area contributed by atoms with E-state index in [1.165, 1.54) is 0 Å². The highest BCUT2D eigenvalue weighted by Gasteiger charge is 2.06. The third kappa shape index (κ3) is 3.80. The van der Waals surface area contributed by atoms with Crippen LogP contribution < -0.4 is 10.6 Å². The molecule has 2 aromatic rings. The zero-order valence-electron chi connectivity index (χ0n) is 11.4. The number of aromatic nitrogens is 1. The van der Waals surface area contributed by atoms with Crippen LogP contribution in [0, 0.1) is 6.92 Å². The van der Waals surface area contributed by atoms with Gasteiger partial charge in [-0.25, -0.2) is 9.78 Å². The Kier molecular flexibility index (Phi) is 4.32. The van der Waals surface area contributed by atoms with E-state index in [0.29, 0.717) is 11.5 Å². The van der Waals surface area contributed by atoms with E-state index >= 15 is 0 Å². The topological polar surface area (TPSA) is 74.2 Å². The summed E-state index contributed by atoms with van der Waals surface area (Å²) >= 11 is 0. The monoisotopic (exact) mass is 271 g/mol. The van der Waals surface area contributed by atoms with Gasteiger partial charge in [0, 0.05) is 11.4 Å². The van der Waals surface area contributed by atoms with Gasteiger partial charge in [-0.2, -0.15) is 0 Å². The Morgan fingerprint density at radius 2 is 1.95 bits per heavy atom. The molecule has 0 aliphatic rings. The standard InChI is InChI=1S/C15H17N3O2/c1-10-5-3-8-14(16-10)18-15(20)17-13-7-4-6-12(9-13)11(2)19/h3-9,11,19H,1-2H3,(H2,16,17,18,20). The number of anilines is 2. The van der Waals surface area contributed by atoms with E-state index in [2.05, 4.69) is 15.6 Å². The number of hydrogen-bond donors (Lipinski definition) is 3. The van der Waals surface area contributed by atoms with Gasteiger partial charge in [-0.1, -0.05) is 18.2 Å². The fourth-order valence-electron chi connectivity index (χ4n) is 1.77. The van der Waals surface area contributed by atoms with Crippen molar-refractivity contribution in [3.05, 3.63) is 53.7 Å². The second-order valence-electron chi connectivity index (χ2n) is 4.54. The van der Waals surface area contributed by atoms with E-state index in [9.17, 15) is 9.90 Å². The van der Waals surface area contributed by atoms with Crippen LogP contribution in [0.2, 0.25) is 0 Å². The Bertz CT molecular complexity index is 612. The second-order valence-corrected chi connectivity index (χ2v) is 4.54. The van der Waals surface area contributed by atoms with Gasteiger partial charge in [0.25, 0.3) is 0 Å². The van der Waals surface area contributed by atoms with Gasteiger partial charge in [0.15, 0.2) is 0 Å². The zero-order valence-corrected chi connectivity index (χ0v) is 11.4. The number of aryl methyl sites for hydroxylation is 1. The Morgan fingerprint density at radius 3 is 2.65 bits per heavy atom. The highest BCUT2D eigenvalue weighted by Crippen LogP contribution is 2.17. The van der Waals surface area contributed by atoms with Crippen molar-refractivity contribution in [2.45, 2.75) is 20.0 Å². The molecule has 5 nitrogen and oxygen atoms in total. The van der Waals surface area contributed by atoms with Gasteiger partial charge in [-0.05, 0) is 43.7 Å². The molecule has 2 amide bonds. The van der Waals surface area contributed by atoms with Crippen LogP contribution >= 0.6 is 0 Å². The summed E-state index contributed by atoms with van der Waals surface area (Å²) in [4.78, 5) is 16.0. The number of aliphatic hydroxyl groups excluding tert-OH is 1. The molecule has 0 aliphatic carbocycles. The molecule has 0 saturated heterocycles. The summed E-state index contributed by atoms with van der Waals surface area (Å²) in [5.41, 5.74) is 2.20. The first-order valence-electron chi connectivity index (χ1n) is 6.34. The highest BCUT2D eigenvalue weighted by molar-refractivity contribution is 5.99. The number of amides is 2. The van der Waals surface area contributed by atoms with Crippen molar-refractivity contribution < 1.29 is 9.90 Å². The van der Waals surface area contributed by atoms with Gasteiger partial charge in [0.05, 0.1) is 6.10 Å². The van der Waals surface area contributed by atoms with Crippen LogP contribution in [-0.2, 0) is 0 Å². The van der Waals surface area contributed by atoms with Crippen LogP contribution in [0.25, 0.3) is 0 Å². The number of pyridine rings is 1. The number of aliphatic hydroxyl groups is 1. The van der Waals surface area contributed by atoms with Crippen LogP contribution in [-0.4, -0.2) is 16.1 Å². The van der Waals surface area contributed by atoms with E-state index in [1.54, 1.807) is 37.3 Å². The highest BCUT2D eigenvalue weighted by atomic mass is 16.3. The molecule has 0 spiro atoms. The molecular formula is C15H17N3O2. The van der Waals surface area contributed by atoms with Gasteiger partial charge in [0.1, 0.15) is 5.82 Å². The number of rotatable bonds is 3. The van der Waals surface area contributed by atoms with Crippen LogP contribution in [0.4, 0.5) is 16.3 Å². The van der Waals surface area contributed by atoms with Gasteiger partial charge in [-0.15, -0.1) is 0 Å². The van der Waals surface area contributed by atoms with Crippen LogP contribution in [0.5, 0.6) is 0 Å². The summed E-state index contributed by atoms with van der Waals surface area (Å²) in [6, 6.07) is 12.1. The summed E-state index contributed by atoms with van der Waals surface area (Å²) in [5.74, 6) is 0.495. The molecule has 0 aliphatic heterocycles. The van der Waals surface area contributed by atoms with Crippen molar-refractivity contribution >= 4 is 17.5 Å². The quantitative estimate of drug-likeness (QED) is 0.803. The maximum atomic E-state index is 11.8. The first kappa shape index (κ1) is 14.0. The molecule has 0 bridgehead atoms. The van der Waals surface area contributed by atoms with E-state index in [1.807, 2.05) is 19.1 Å². The van der Waals surface area contributed by atoms with E-state index < -0.39 is 6.10 Å². The number of nitrogens with one attached hydrogen (secondary N) is 2. The summed E-state index contributed by atoms with van der Waals surface area (Å²) in [5, 5.41) is 14.9. The molecule has 2 rings (SSSR count). The third-order valence-corrected chi connectivity index (χ3v) is 2.76. The molecule has 0 saturated carbocycles. The first-order valence-corrected chi connectivity index (χ1v) is 6.34. The number of carbonyl (C=O) groups excluding carboxylic acids is 1. The number of benzene rings is 1. The van der Waals surface area contributed by atoms with Crippen LogP contribution in [0.3, 0.4) is 0 Å². The van der Waals surface area contributed by atoms with Gasteiger partial charge in [0.2, 0.25) is 0 Å². The summed E-state index contributed by atoms with van der Waals surface area (Å²) < 4.78 is 0. The van der Waals surface area contributed by atoms with Crippen molar-refractivity contribution in [1.29, 1.82) is 0 Å². The molecule has 0 fully saturated rings. The average molecular weight is 271 g/mol. The van der Waals surface area contributed by atoms with Crippen molar-refractivity contribution in [3.8, 4) is 0 Å². The molecule has 1 heterocycles. The SMILES string of the molecule is Cc1cccc(NC(=O)Nc2cccc(C(C)O)c2)n1. The van der Waals surface area contributed by atoms with E-state index in [-0.39, 0.29) is 6.03 Å². The lowest BCUT2D eigenvalue weighted by Crippen LogP contribution is -2.20. The molecule has 1 aromatic carbocycles. The minimum atomic E-state index is -0.571. The Hall–Kier alpha value is -2.40. The van der Waals surface area contributed by atoms with Gasteiger partial charge in [-0.3, -0.25) is 5.32 Å². The summed E-state index contributed by atoms with van der Waals surface area (Å²) in [7, 11) is 0. The molecule has 1 aromatic heterocycles. The van der Waals surface area contributed by atoms with Crippen molar-refractivity contribution in [2.24, 2.45) is 0 Å². The molecule has 1 unspecified atom stereocenters. The third-order valence-electron chi connectivity index (χ3n) is 2.76. The second kappa shape index (κ2) is 6.16. The summed E-state index contributed by atoms with van der Waals surface area (Å²) in [6.07, 6.45) is -0.571. The fraction of sp³-hybridized carbons (Fsp3) is 0.200. The Morgan fingerprint density at radius 1 is 1.20 bits per heavy atom. The predicted molar refractivity (Wildman–Crippen MR) is 78.7 cm³/mol. The van der Waals surface area contributed by atoms with Crippen LogP contribution in [0.1, 0.15) is 24.3 Å². The molecule has 1 atom stereocenters. The lowest BCUT2D eigenvalue weighted by molar-refractivity contribution is 0.199. The van der Waals surface area contributed by atoms with Crippen LogP contribution in [0.15, 0.2) is 42.5 Å². The molecule has 20 heavy (non-hydrogen) atoms. The fourth-order valence-corrected chi connectivity index (χ4v) is 1.77. The van der Waals surface area contributed by atoms with E-state index in [4.69, 9.17) is 0 Å². The molecular weight excluding hydrogens is 254 g/mol. The number of hydrogen-bond acceptors (Lipinski definition) is 3. The zero-order chi connectivity index (χ0) is 14.5.